The van der Waals surface area contributed by atoms with E-state index in [4.69, 9.17) is 5.11 Å². The summed E-state index contributed by atoms with van der Waals surface area (Å²) in [5, 5.41) is 8.90. The van der Waals surface area contributed by atoms with Gasteiger partial charge in [0, 0.05) is 12.6 Å². The molecule has 1 aliphatic heterocycles. The van der Waals surface area contributed by atoms with Crippen LogP contribution in [0.3, 0.4) is 0 Å². The van der Waals surface area contributed by atoms with Gasteiger partial charge in [-0.1, -0.05) is 12.1 Å². The molecule has 1 aromatic carbocycles. The van der Waals surface area contributed by atoms with Gasteiger partial charge in [0.05, 0.1) is 12.0 Å². The van der Waals surface area contributed by atoms with Crippen molar-refractivity contribution < 1.29 is 14.7 Å². The summed E-state index contributed by atoms with van der Waals surface area (Å²) in [7, 11) is 0. The van der Waals surface area contributed by atoms with Crippen LogP contribution in [0.4, 0.5) is 0 Å². The second kappa shape index (κ2) is 5.21. The first kappa shape index (κ1) is 12.6. The average molecular weight is 247 g/mol. The first-order valence-electron chi connectivity index (χ1n) is 6.19. The lowest BCUT2D eigenvalue weighted by Gasteiger charge is -2.21. The number of carboxylic acids is 1. The summed E-state index contributed by atoms with van der Waals surface area (Å²) in [6.45, 7) is 2.87. The SMILES string of the molecule is CC1CCCN1C(=O)Cc1cccc(C(=O)O)c1. The third-order valence-electron chi connectivity index (χ3n) is 3.40. The van der Waals surface area contributed by atoms with E-state index in [0.717, 1.165) is 24.9 Å². The van der Waals surface area contributed by atoms with Crippen molar-refractivity contribution in [3.8, 4) is 0 Å². The monoisotopic (exact) mass is 247 g/mol. The number of benzene rings is 1. The van der Waals surface area contributed by atoms with Crippen LogP contribution in [0, 0.1) is 0 Å². The number of likely N-dealkylation sites (tertiary alicyclic amines) is 1. The Balaban J connectivity index is 2.07. The fraction of sp³-hybridized carbons (Fsp3) is 0.429. The first-order valence-corrected chi connectivity index (χ1v) is 6.19. The summed E-state index contributed by atoms with van der Waals surface area (Å²) < 4.78 is 0. The van der Waals surface area contributed by atoms with Crippen molar-refractivity contribution in [3.63, 3.8) is 0 Å². The highest BCUT2D eigenvalue weighted by Crippen LogP contribution is 2.18. The van der Waals surface area contributed by atoms with E-state index < -0.39 is 5.97 Å². The van der Waals surface area contributed by atoms with E-state index in [0.29, 0.717) is 6.04 Å². The molecule has 0 aliphatic carbocycles. The summed E-state index contributed by atoms with van der Waals surface area (Å²) in [5.74, 6) is -0.874. The predicted octanol–water partition coefficient (Wildman–Crippen LogP) is 1.94. The van der Waals surface area contributed by atoms with Gasteiger partial charge in [0.25, 0.3) is 0 Å². The molecule has 96 valence electrons. The zero-order valence-electron chi connectivity index (χ0n) is 10.4. The summed E-state index contributed by atoms with van der Waals surface area (Å²) in [4.78, 5) is 24.8. The van der Waals surface area contributed by atoms with Gasteiger partial charge >= 0.3 is 5.97 Å². The van der Waals surface area contributed by atoms with Gasteiger partial charge in [-0.3, -0.25) is 4.79 Å². The molecule has 1 amide bonds. The molecule has 0 bridgehead atoms. The van der Waals surface area contributed by atoms with Crippen molar-refractivity contribution >= 4 is 11.9 Å². The Kier molecular flexibility index (Phi) is 3.65. The molecule has 0 radical (unpaired) electrons. The zero-order chi connectivity index (χ0) is 13.1. The second-order valence-corrected chi connectivity index (χ2v) is 4.76. The van der Waals surface area contributed by atoms with Crippen molar-refractivity contribution in [1.82, 2.24) is 4.90 Å². The van der Waals surface area contributed by atoms with Gasteiger partial charge in [-0.25, -0.2) is 4.79 Å². The molecule has 1 aromatic rings. The first-order chi connectivity index (χ1) is 8.58. The van der Waals surface area contributed by atoms with E-state index >= 15 is 0 Å². The Morgan fingerprint density at radius 1 is 1.44 bits per heavy atom. The molecule has 1 fully saturated rings. The molecule has 18 heavy (non-hydrogen) atoms. The number of aromatic carboxylic acids is 1. The Hall–Kier alpha value is -1.84. The summed E-state index contributed by atoms with van der Waals surface area (Å²) in [6.07, 6.45) is 2.40. The number of rotatable bonds is 3. The molecule has 0 spiro atoms. The molecule has 0 aromatic heterocycles. The van der Waals surface area contributed by atoms with Crippen LogP contribution in [-0.4, -0.2) is 34.5 Å². The van der Waals surface area contributed by atoms with Crippen molar-refractivity contribution in [2.75, 3.05) is 6.54 Å². The highest BCUT2D eigenvalue weighted by Gasteiger charge is 2.24. The number of nitrogens with zero attached hydrogens (tertiary/aromatic N) is 1. The molecule has 4 heteroatoms. The van der Waals surface area contributed by atoms with Gasteiger partial charge in [-0.05, 0) is 37.5 Å². The van der Waals surface area contributed by atoms with Crippen LogP contribution < -0.4 is 0 Å². The normalized spacial score (nSPS) is 18.9. The van der Waals surface area contributed by atoms with Gasteiger partial charge in [-0.2, -0.15) is 0 Å². The number of carbonyl (C=O) groups excluding carboxylic acids is 1. The van der Waals surface area contributed by atoms with E-state index in [1.807, 2.05) is 4.90 Å². The van der Waals surface area contributed by atoms with E-state index in [9.17, 15) is 9.59 Å². The Bertz CT molecular complexity index is 470. The van der Waals surface area contributed by atoms with E-state index in [1.165, 1.54) is 6.07 Å². The van der Waals surface area contributed by atoms with Crippen LogP contribution in [0.5, 0.6) is 0 Å². The second-order valence-electron chi connectivity index (χ2n) is 4.76. The van der Waals surface area contributed by atoms with Crippen molar-refractivity contribution in [2.45, 2.75) is 32.2 Å². The van der Waals surface area contributed by atoms with E-state index in [1.54, 1.807) is 18.2 Å². The number of hydrogen-bond acceptors (Lipinski definition) is 2. The average Bonchev–Trinajstić information content (AvgIpc) is 2.76. The summed E-state index contributed by atoms with van der Waals surface area (Å²) >= 11 is 0. The summed E-state index contributed by atoms with van der Waals surface area (Å²) in [6, 6.07) is 6.89. The van der Waals surface area contributed by atoms with Crippen molar-refractivity contribution in [1.29, 1.82) is 0 Å². The standard InChI is InChI=1S/C14H17NO3/c1-10-4-3-7-15(10)13(16)9-11-5-2-6-12(8-11)14(17)18/h2,5-6,8,10H,3-4,7,9H2,1H3,(H,17,18). The van der Waals surface area contributed by atoms with Gasteiger partial charge < -0.3 is 10.0 Å². The zero-order valence-corrected chi connectivity index (χ0v) is 10.4. The molecule has 0 saturated carbocycles. The van der Waals surface area contributed by atoms with E-state index in [-0.39, 0.29) is 17.9 Å². The van der Waals surface area contributed by atoms with Crippen LogP contribution in [0.2, 0.25) is 0 Å². The smallest absolute Gasteiger partial charge is 0.335 e. The third-order valence-corrected chi connectivity index (χ3v) is 3.40. The van der Waals surface area contributed by atoms with Gasteiger partial charge in [0.15, 0.2) is 0 Å². The van der Waals surface area contributed by atoms with Gasteiger partial charge in [0.1, 0.15) is 0 Å². The molecule has 1 N–H and O–H groups in total. The molecule has 1 atom stereocenters. The fourth-order valence-corrected chi connectivity index (χ4v) is 2.39. The molecule has 2 rings (SSSR count). The van der Waals surface area contributed by atoms with Crippen LogP contribution in [0.25, 0.3) is 0 Å². The maximum absolute atomic E-state index is 12.1. The number of hydrogen-bond donors (Lipinski definition) is 1. The highest BCUT2D eigenvalue weighted by atomic mass is 16.4. The minimum Gasteiger partial charge on any atom is -0.478 e. The lowest BCUT2D eigenvalue weighted by Crippen LogP contribution is -2.34. The predicted molar refractivity (Wildman–Crippen MR) is 67.5 cm³/mol. The van der Waals surface area contributed by atoms with Crippen LogP contribution in [0.1, 0.15) is 35.7 Å². The molecule has 1 unspecified atom stereocenters. The highest BCUT2D eigenvalue weighted by molar-refractivity contribution is 5.88. The van der Waals surface area contributed by atoms with E-state index in [2.05, 4.69) is 6.92 Å². The van der Waals surface area contributed by atoms with Crippen molar-refractivity contribution in [3.05, 3.63) is 35.4 Å². The van der Waals surface area contributed by atoms with Crippen LogP contribution >= 0.6 is 0 Å². The third kappa shape index (κ3) is 2.70. The molecule has 1 heterocycles. The van der Waals surface area contributed by atoms with Gasteiger partial charge in [-0.15, -0.1) is 0 Å². The largest absolute Gasteiger partial charge is 0.478 e. The molecule has 1 saturated heterocycles. The quantitative estimate of drug-likeness (QED) is 0.888. The Morgan fingerprint density at radius 3 is 2.83 bits per heavy atom. The molecule has 1 aliphatic rings. The molecular weight excluding hydrogens is 230 g/mol. The van der Waals surface area contributed by atoms with Crippen LogP contribution in [-0.2, 0) is 11.2 Å². The maximum atomic E-state index is 12.1. The number of amides is 1. The Labute approximate surface area is 106 Å². The topological polar surface area (TPSA) is 57.6 Å². The molecule has 4 nitrogen and oxygen atoms in total. The Morgan fingerprint density at radius 2 is 2.22 bits per heavy atom. The van der Waals surface area contributed by atoms with Crippen LogP contribution in [0.15, 0.2) is 24.3 Å². The minimum atomic E-state index is -0.959. The number of carboxylic acid groups (broad SMARTS) is 1. The molecular formula is C14H17NO3. The van der Waals surface area contributed by atoms with Gasteiger partial charge in [0.2, 0.25) is 5.91 Å². The fourth-order valence-electron chi connectivity index (χ4n) is 2.39. The lowest BCUT2D eigenvalue weighted by atomic mass is 10.1. The minimum absolute atomic E-state index is 0.0857. The lowest BCUT2D eigenvalue weighted by molar-refractivity contribution is -0.130. The number of carbonyl (C=O) groups is 2. The summed E-state index contributed by atoms with van der Waals surface area (Å²) in [5.41, 5.74) is 0.994. The van der Waals surface area contributed by atoms with Crippen molar-refractivity contribution in [2.24, 2.45) is 0 Å². The maximum Gasteiger partial charge on any atom is 0.335 e.